The quantitative estimate of drug-likeness (QED) is 0.170. The van der Waals surface area contributed by atoms with E-state index in [0.717, 1.165) is 27.8 Å². The van der Waals surface area contributed by atoms with Gasteiger partial charge in [-0.3, -0.25) is 20.1 Å². The number of hydrogen-bond donors (Lipinski definition) is 4. The van der Waals surface area contributed by atoms with Crippen LogP contribution in [0.3, 0.4) is 0 Å². The molecular formula is C26H33N3O4S2. The van der Waals surface area contributed by atoms with Crippen LogP contribution in [0.2, 0.25) is 0 Å². The number of carbonyl (C=O) groups is 2. The minimum absolute atomic E-state index is 0.0809. The molecular weight excluding hydrogens is 482 g/mol. The van der Waals surface area contributed by atoms with E-state index in [0.29, 0.717) is 23.7 Å². The fourth-order valence-electron chi connectivity index (χ4n) is 3.41. The van der Waals surface area contributed by atoms with Gasteiger partial charge in [0.05, 0.1) is 12.0 Å². The third kappa shape index (κ3) is 8.33. The summed E-state index contributed by atoms with van der Waals surface area (Å²) in [7, 11) is 1.42. The first-order chi connectivity index (χ1) is 16.7. The fraction of sp³-hybridized carbons (Fsp3) is 0.385. The van der Waals surface area contributed by atoms with Crippen LogP contribution in [0.25, 0.3) is 10.1 Å². The van der Waals surface area contributed by atoms with Crippen molar-refractivity contribution < 1.29 is 19.5 Å². The van der Waals surface area contributed by atoms with Crippen LogP contribution in [0, 0.1) is 0 Å². The maximum absolute atomic E-state index is 12.1. The highest BCUT2D eigenvalue weighted by Gasteiger charge is 2.22. The highest BCUT2D eigenvalue weighted by molar-refractivity contribution is 8.00. The van der Waals surface area contributed by atoms with Gasteiger partial charge >= 0.3 is 5.97 Å². The third-order valence-electron chi connectivity index (χ3n) is 5.31. The molecule has 188 valence electrons. The second kappa shape index (κ2) is 12.5. The van der Waals surface area contributed by atoms with E-state index in [1.54, 1.807) is 23.3 Å². The molecule has 0 saturated carbocycles. The zero-order valence-corrected chi connectivity index (χ0v) is 22.1. The first-order valence-electron chi connectivity index (χ1n) is 11.4. The molecule has 0 bridgehead atoms. The van der Waals surface area contributed by atoms with Crippen molar-refractivity contribution in [3.05, 3.63) is 70.1 Å². The van der Waals surface area contributed by atoms with Crippen LogP contribution in [0.15, 0.2) is 48.5 Å². The summed E-state index contributed by atoms with van der Waals surface area (Å²) in [5, 5.41) is 16.6. The summed E-state index contributed by atoms with van der Waals surface area (Å²) in [6.07, 6.45) is 0. The van der Waals surface area contributed by atoms with Crippen LogP contribution >= 0.6 is 23.1 Å². The fourth-order valence-corrected chi connectivity index (χ4v) is 5.34. The molecule has 0 unspecified atom stereocenters. The molecule has 1 aromatic heterocycles. The zero-order chi connectivity index (χ0) is 25.4. The van der Waals surface area contributed by atoms with Crippen molar-refractivity contribution >= 4 is 45.1 Å². The molecule has 0 aliphatic heterocycles. The number of ether oxygens (including phenoxy) is 1. The molecule has 0 radical (unpaired) electrons. The average Bonchev–Trinajstić information content (AvgIpc) is 3.27. The summed E-state index contributed by atoms with van der Waals surface area (Å²) in [5.41, 5.74) is 5.07. The molecule has 7 nitrogen and oxygen atoms in total. The standard InChI is InChI=1S/C26H33N3O4S2/c1-26(2,3)34-16-21(25(31)33-4)28-15-18-7-5-17(6-8-18)13-27-14-19-9-10-20-12-23(24(30)29-32)35-22(20)11-19/h5-12,21,27-28,32H,13-16H2,1-4H3,(H,29,30)/t21-/m0/s1. The molecule has 0 spiro atoms. The van der Waals surface area contributed by atoms with Gasteiger partial charge in [0, 0.05) is 34.8 Å². The van der Waals surface area contributed by atoms with Crippen LogP contribution in [-0.2, 0) is 29.2 Å². The Hall–Kier alpha value is -2.43. The van der Waals surface area contributed by atoms with Crippen molar-refractivity contribution in [2.75, 3.05) is 12.9 Å². The molecule has 0 aliphatic carbocycles. The van der Waals surface area contributed by atoms with E-state index < -0.39 is 5.91 Å². The summed E-state index contributed by atoms with van der Waals surface area (Å²) in [4.78, 5) is 24.2. The molecule has 3 rings (SSSR count). The van der Waals surface area contributed by atoms with Crippen molar-refractivity contribution in [2.45, 2.75) is 51.2 Å². The van der Waals surface area contributed by atoms with E-state index >= 15 is 0 Å². The van der Waals surface area contributed by atoms with Crippen LogP contribution in [0.4, 0.5) is 0 Å². The normalized spacial score (nSPS) is 12.5. The largest absolute Gasteiger partial charge is 0.468 e. The number of esters is 1. The van der Waals surface area contributed by atoms with Gasteiger partial charge in [-0.2, -0.15) is 11.8 Å². The van der Waals surface area contributed by atoms with E-state index in [1.807, 2.05) is 12.1 Å². The average molecular weight is 516 g/mol. The molecule has 0 aliphatic rings. The van der Waals surface area contributed by atoms with Crippen LogP contribution in [0.5, 0.6) is 0 Å². The van der Waals surface area contributed by atoms with Gasteiger partial charge in [0.1, 0.15) is 6.04 Å². The van der Waals surface area contributed by atoms with E-state index in [-0.39, 0.29) is 16.8 Å². The first-order valence-corrected chi connectivity index (χ1v) is 13.2. The summed E-state index contributed by atoms with van der Waals surface area (Å²) in [6, 6.07) is 15.8. The molecule has 0 fully saturated rings. The molecule has 4 N–H and O–H groups in total. The molecule has 0 saturated heterocycles. The number of thiophene rings is 1. The number of methoxy groups -OCH3 is 1. The van der Waals surface area contributed by atoms with Gasteiger partial charge in [-0.1, -0.05) is 57.2 Å². The zero-order valence-electron chi connectivity index (χ0n) is 20.5. The Labute approximate surface area is 214 Å². The van der Waals surface area contributed by atoms with E-state index in [2.05, 4.69) is 61.7 Å². The lowest BCUT2D eigenvalue weighted by Crippen LogP contribution is -2.40. The van der Waals surface area contributed by atoms with Crippen molar-refractivity contribution in [1.29, 1.82) is 0 Å². The van der Waals surface area contributed by atoms with Gasteiger partial charge < -0.3 is 10.1 Å². The molecule has 1 heterocycles. The first kappa shape index (κ1) is 27.2. The number of nitrogens with one attached hydrogen (secondary N) is 3. The van der Waals surface area contributed by atoms with Gasteiger partial charge in [0.2, 0.25) is 0 Å². The van der Waals surface area contributed by atoms with Crippen molar-refractivity contribution in [3.8, 4) is 0 Å². The summed E-state index contributed by atoms with van der Waals surface area (Å²) < 4.78 is 6.04. The summed E-state index contributed by atoms with van der Waals surface area (Å²) in [5.74, 6) is -0.0731. The van der Waals surface area contributed by atoms with Gasteiger partial charge in [-0.05, 0) is 34.2 Å². The topological polar surface area (TPSA) is 99.7 Å². The number of fused-ring (bicyclic) bond motifs is 1. The highest BCUT2D eigenvalue weighted by Crippen LogP contribution is 2.27. The Bertz CT molecular complexity index is 1140. The lowest BCUT2D eigenvalue weighted by molar-refractivity contribution is -0.142. The Morgan fingerprint density at radius 1 is 1.00 bits per heavy atom. The Morgan fingerprint density at radius 2 is 1.63 bits per heavy atom. The predicted molar refractivity (Wildman–Crippen MR) is 143 cm³/mol. The van der Waals surface area contributed by atoms with E-state index in [9.17, 15) is 9.59 Å². The Balaban J connectivity index is 1.49. The van der Waals surface area contributed by atoms with Crippen LogP contribution in [0.1, 0.15) is 47.1 Å². The second-order valence-corrected chi connectivity index (χ2v) is 12.2. The monoisotopic (exact) mass is 515 g/mol. The van der Waals surface area contributed by atoms with Crippen LogP contribution < -0.4 is 16.1 Å². The smallest absolute Gasteiger partial charge is 0.323 e. The number of rotatable bonds is 11. The van der Waals surface area contributed by atoms with Crippen molar-refractivity contribution in [2.24, 2.45) is 0 Å². The minimum atomic E-state index is -0.492. The van der Waals surface area contributed by atoms with Gasteiger partial charge in [0.15, 0.2) is 0 Å². The Morgan fingerprint density at radius 3 is 2.26 bits per heavy atom. The molecule has 2 aromatic carbocycles. The third-order valence-corrected chi connectivity index (χ3v) is 7.77. The van der Waals surface area contributed by atoms with Crippen molar-refractivity contribution in [3.63, 3.8) is 0 Å². The van der Waals surface area contributed by atoms with E-state index in [1.165, 1.54) is 24.0 Å². The van der Waals surface area contributed by atoms with Crippen molar-refractivity contribution in [1.82, 2.24) is 16.1 Å². The van der Waals surface area contributed by atoms with Gasteiger partial charge in [-0.15, -0.1) is 11.3 Å². The molecule has 3 aromatic rings. The van der Waals surface area contributed by atoms with Crippen LogP contribution in [-0.4, -0.2) is 40.7 Å². The number of hydroxylamine groups is 1. The second-order valence-electron chi connectivity index (χ2n) is 9.22. The minimum Gasteiger partial charge on any atom is -0.468 e. The van der Waals surface area contributed by atoms with Gasteiger partial charge in [-0.25, -0.2) is 5.48 Å². The number of carbonyl (C=O) groups excluding carboxylic acids is 2. The van der Waals surface area contributed by atoms with E-state index in [4.69, 9.17) is 9.94 Å². The lowest BCUT2D eigenvalue weighted by atomic mass is 10.1. The summed E-state index contributed by atoms with van der Waals surface area (Å²) in [6.45, 7) is 8.41. The van der Waals surface area contributed by atoms with Gasteiger partial charge in [0.25, 0.3) is 5.91 Å². The predicted octanol–water partition coefficient (Wildman–Crippen LogP) is 4.47. The molecule has 1 atom stereocenters. The number of amides is 1. The molecule has 9 heteroatoms. The number of hydrogen-bond acceptors (Lipinski definition) is 8. The highest BCUT2D eigenvalue weighted by atomic mass is 32.2. The molecule has 35 heavy (non-hydrogen) atoms. The lowest BCUT2D eigenvalue weighted by Gasteiger charge is -2.22. The number of benzene rings is 2. The Kier molecular flexibility index (Phi) is 9.71. The maximum atomic E-state index is 12.1. The maximum Gasteiger partial charge on any atom is 0.323 e. The number of thioether (sulfide) groups is 1. The molecule has 1 amide bonds. The summed E-state index contributed by atoms with van der Waals surface area (Å²) >= 11 is 3.09. The SMILES string of the molecule is COC(=O)[C@H](CSC(C)(C)C)NCc1ccc(CNCc2ccc3cc(C(=O)NO)sc3c2)cc1.